The Balaban J connectivity index is 2.13. The maximum absolute atomic E-state index is 12.3. The lowest BCUT2D eigenvalue weighted by atomic mass is 10.2. The summed E-state index contributed by atoms with van der Waals surface area (Å²) in [6, 6.07) is 8.61. The zero-order chi connectivity index (χ0) is 16.8. The molecule has 0 aliphatic rings. The normalized spacial score (nSPS) is 10.2. The summed E-state index contributed by atoms with van der Waals surface area (Å²) in [5.41, 5.74) is 2.32. The minimum atomic E-state index is -0.350. The molecule has 1 aromatic carbocycles. The zero-order valence-corrected chi connectivity index (χ0v) is 14.6. The second-order valence-corrected chi connectivity index (χ2v) is 5.96. The first kappa shape index (κ1) is 17.1. The Morgan fingerprint density at radius 3 is 2.65 bits per heavy atom. The predicted octanol–water partition coefficient (Wildman–Crippen LogP) is 3.54. The quantitative estimate of drug-likeness (QED) is 0.839. The van der Waals surface area contributed by atoms with Gasteiger partial charge in [-0.2, -0.15) is 0 Å². The van der Waals surface area contributed by atoms with Gasteiger partial charge >= 0.3 is 0 Å². The summed E-state index contributed by atoms with van der Waals surface area (Å²) in [5, 5.41) is 5.56. The fourth-order valence-corrected chi connectivity index (χ4v) is 2.20. The third-order valence-electron chi connectivity index (χ3n) is 3.21. The van der Waals surface area contributed by atoms with E-state index in [0.717, 1.165) is 16.5 Å². The third-order valence-corrected chi connectivity index (χ3v) is 4.10. The SMILES string of the molecule is CCCNC(=O)c1ccnc(C(=O)Nc2ccc(Br)c(C)c2)c1. The highest BCUT2D eigenvalue weighted by atomic mass is 79.9. The number of rotatable bonds is 5. The molecule has 1 aromatic heterocycles. The molecule has 0 saturated carbocycles. The number of aryl methyl sites for hydroxylation is 1. The molecule has 23 heavy (non-hydrogen) atoms. The van der Waals surface area contributed by atoms with E-state index in [-0.39, 0.29) is 17.5 Å². The molecule has 0 fully saturated rings. The van der Waals surface area contributed by atoms with Crippen molar-refractivity contribution in [2.75, 3.05) is 11.9 Å². The van der Waals surface area contributed by atoms with E-state index >= 15 is 0 Å². The van der Waals surface area contributed by atoms with Gasteiger partial charge in [0.25, 0.3) is 11.8 Å². The van der Waals surface area contributed by atoms with E-state index in [2.05, 4.69) is 31.5 Å². The van der Waals surface area contributed by atoms with Crippen molar-refractivity contribution in [1.82, 2.24) is 10.3 Å². The van der Waals surface area contributed by atoms with Crippen molar-refractivity contribution in [2.45, 2.75) is 20.3 Å². The first-order valence-corrected chi connectivity index (χ1v) is 8.12. The van der Waals surface area contributed by atoms with Crippen LogP contribution in [-0.2, 0) is 0 Å². The summed E-state index contributed by atoms with van der Waals surface area (Å²) in [6.45, 7) is 4.52. The number of pyridine rings is 1. The van der Waals surface area contributed by atoms with Crippen molar-refractivity contribution in [2.24, 2.45) is 0 Å². The van der Waals surface area contributed by atoms with Crippen LogP contribution in [0.3, 0.4) is 0 Å². The van der Waals surface area contributed by atoms with Gasteiger partial charge in [-0.15, -0.1) is 0 Å². The highest BCUT2D eigenvalue weighted by molar-refractivity contribution is 9.10. The fraction of sp³-hybridized carbons (Fsp3) is 0.235. The lowest BCUT2D eigenvalue weighted by Crippen LogP contribution is -2.24. The van der Waals surface area contributed by atoms with Crippen LogP contribution in [0.4, 0.5) is 5.69 Å². The molecule has 0 radical (unpaired) electrons. The van der Waals surface area contributed by atoms with Crippen LogP contribution < -0.4 is 10.6 Å². The number of nitrogens with one attached hydrogen (secondary N) is 2. The minimum absolute atomic E-state index is 0.203. The summed E-state index contributed by atoms with van der Waals surface area (Å²) < 4.78 is 0.975. The molecule has 0 unspecified atom stereocenters. The topological polar surface area (TPSA) is 71.1 Å². The molecule has 0 spiro atoms. The molecule has 2 aromatic rings. The molecule has 120 valence electrons. The number of anilines is 1. The molecule has 5 nitrogen and oxygen atoms in total. The summed E-state index contributed by atoms with van der Waals surface area (Å²) in [4.78, 5) is 28.3. The van der Waals surface area contributed by atoms with E-state index in [4.69, 9.17) is 0 Å². The number of carbonyl (C=O) groups is 2. The molecule has 0 aliphatic heterocycles. The first-order chi connectivity index (χ1) is 11.0. The summed E-state index contributed by atoms with van der Waals surface area (Å²) >= 11 is 3.42. The number of halogens is 1. The van der Waals surface area contributed by atoms with Crippen LogP contribution >= 0.6 is 15.9 Å². The average molecular weight is 376 g/mol. The van der Waals surface area contributed by atoms with E-state index in [1.807, 2.05) is 26.0 Å². The molecule has 2 rings (SSSR count). The van der Waals surface area contributed by atoms with Gasteiger partial charge in [0, 0.05) is 28.5 Å². The Kier molecular flexibility index (Phi) is 5.87. The van der Waals surface area contributed by atoms with Gasteiger partial charge in [-0.1, -0.05) is 22.9 Å². The van der Waals surface area contributed by atoms with Crippen molar-refractivity contribution in [3.05, 3.63) is 57.8 Å². The standard InChI is InChI=1S/C17H18BrN3O2/c1-3-7-20-16(22)12-6-8-19-15(10-12)17(23)21-13-4-5-14(18)11(2)9-13/h4-6,8-10H,3,7H2,1-2H3,(H,20,22)(H,21,23). The van der Waals surface area contributed by atoms with E-state index in [1.165, 1.54) is 12.3 Å². The Bertz CT molecular complexity index is 732. The van der Waals surface area contributed by atoms with Crippen LogP contribution in [0.25, 0.3) is 0 Å². The second-order valence-electron chi connectivity index (χ2n) is 5.10. The van der Waals surface area contributed by atoms with Crippen LogP contribution in [0.2, 0.25) is 0 Å². The first-order valence-electron chi connectivity index (χ1n) is 7.33. The number of benzene rings is 1. The van der Waals surface area contributed by atoms with Crippen molar-refractivity contribution in [1.29, 1.82) is 0 Å². The molecule has 0 aliphatic carbocycles. The molecule has 2 amide bonds. The molecular formula is C17H18BrN3O2. The lowest BCUT2D eigenvalue weighted by molar-refractivity contribution is 0.0953. The van der Waals surface area contributed by atoms with Gasteiger partial charge in [0.15, 0.2) is 0 Å². The number of hydrogen-bond donors (Lipinski definition) is 2. The predicted molar refractivity (Wildman–Crippen MR) is 93.7 cm³/mol. The van der Waals surface area contributed by atoms with E-state index in [9.17, 15) is 9.59 Å². The molecule has 6 heteroatoms. The Hall–Kier alpha value is -2.21. The van der Waals surface area contributed by atoms with Crippen molar-refractivity contribution in [3.63, 3.8) is 0 Å². The molecule has 0 atom stereocenters. The monoisotopic (exact) mass is 375 g/mol. The van der Waals surface area contributed by atoms with Crippen LogP contribution in [-0.4, -0.2) is 23.3 Å². The van der Waals surface area contributed by atoms with Crippen LogP contribution in [0, 0.1) is 6.92 Å². The second kappa shape index (κ2) is 7.87. The number of aromatic nitrogens is 1. The van der Waals surface area contributed by atoms with Crippen molar-refractivity contribution < 1.29 is 9.59 Å². The minimum Gasteiger partial charge on any atom is -0.352 e. The summed E-state index contributed by atoms with van der Waals surface area (Å²) in [5.74, 6) is -0.556. The van der Waals surface area contributed by atoms with E-state index < -0.39 is 0 Å². The van der Waals surface area contributed by atoms with E-state index in [1.54, 1.807) is 12.1 Å². The van der Waals surface area contributed by atoms with Gasteiger partial charge in [0.2, 0.25) is 0 Å². The Labute approximate surface area is 143 Å². The van der Waals surface area contributed by atoms with E-state index in [0.29, 0.717) is 17.8 Å². The average Bonchev–Trinajstić information content (AvgIpc) is 2.56. The van der Waals surface area contributed by atoms with Gasteiger partial charge in [-0.25, -0.2) is 0 Å². The molecule has 0 saturated heterocycles. The molecule has 2 N–H and O–H groups in total. The number of nitrogens with zero attached hydrogens (tertiary/aromatic N) is 1. The van der Waals surface area contributed by atoms with Crippen molar-refractivity contribution >= 4 is 33.4 Å². The van der Waals surface area contributed by atoms with Gasteiger partial charge in [0.1, 0.15) is 5.69 Å². The van der Waals surface area contributed by atoms with Gasteiger partial charge < -0.3 is 10.6 Å². The number of carbonyl (C=O) groups excluding carboxylic acids is 2. The summed E-state index contributed by atoms with van der Waals surface area (Å²) in [6.07, 6.45) is 2.32. The maximum Gasteiger partial charge on any atom is 0.274 e. The van der Waals surface area contributed by atoms with Crippen LogP contribution in [0.1, 0.15) is 39.8 Å². The summed E-state index contributed by atoms with van der Waals surface area (Å²) in [7, 11) is 0. The van der Waals surface area contributed by atoms with Gasteiger partial charge in [0.05, 0.1) is 0 Å². The highest BCUT2D eigenvalue weighted by Crippen LogP contribution is 2.20. The number of amides is 2. The fourth-order valence-electron chi connectivity index (χ4n) is 1.95. The van der Waals surface area contributed by atoms with Crippen molar-refractivity contribution in [3.8, 4) is 0 Å². The number of hydrogen-bond acceptors (Lipinski definition) is 3. The van der Waals surface area contributed by atoms with Gasteiger partial charge in [-0.05, 0) is 49.2 Å². The van der Waals surface area contributed by atoms with Crippen LogP contribution in [0.5, 0.6) is 0 Å². The molecule has 0 bridgehead atoms. The molecular weight excluding hydrogens is 358 g/mol. The highest BCUT2D eigenvalue weighted by Gasteiger charge is 2.12. The maximum atomic E-state index is 12.3. The van der Waals surface area contributed by atoms with Crippen LogP contribution in [0.15, 0.2) is 41.0 Å². The molecule has 1 heterocycles. The third kappa shape index (κ3) is 4.63. The lowest BCUT2D eigenvalue weighted by Gasteiger charge is -2.08. The smallest absolute Gasteiger partial charge is 0.274 e. The Morgan fingerprint density at radius 1 is 1.17 bits per heavy atom. The zero-order valence-electron chi connectivity index (χ0n) is 13.0. The Morgan fingerprint density at radius 2 is 1.96 bits per heavy atom. The van der Waals surface area contributed by atoms with Gasteiger partial charge in [-0.3, -0.25) is 14.6 Å². The largest absolute Gasteiger partial charge is 0.352 e.